The Balaban J connectivity index is 1.93. The Bertz CT molecular complexity index is 1800. The molecule has 0 saturated carbocycles. The molecule has 0 saturated heterocycles. The molecule has 4 aromatic rings. The van der Waals surface area contributed by atoms with Crippen molar-refractivity contribution >= 4 is 5.97 Å². The second-order valence-corrected chi connectivity index (χ2v) is 10.3. The van der Waals surface area contributed by atoms with E-state index < -0.39 is 58.7 Å². The number of methoxy groups -OCH3 is 1. The third kappa shape index (κ3) is 7.31. The van der Waals surface area contributed by atoms with Crippen LogP contribution in [0.3, 0.4) is 0 Å². The number of nitrogens with one attached hydrogen (secondary N) is 1. The van der Waals surface area contributed by atoms with Crippen molar-refractivity contribution < 1.29 is 36.6 Å². The first-order valence-electron chi connectivity index (χ1n) is 13.9. The fourth-order valence-electron chi connectivity index (χ4n) is 5.08. The van der Waals surface area contributed by atoms with E-state index in [0.29, 0.717) is 11.6 Å². The molecule has 4 rings (SSSR count). The summed E-state index contributed by atoms with van der Waals surface area (Å²) in [5.41, 5.74) is -3.80. The molecule has 0 aliphatic rings. The van der Waals surface area contributed by atoms with Crippen LogP contribution in [-0.4, -0.2) is 33.9 Å². The van der Waals surface area contributed by atoms with Crippen LogP contribution in [0.25, 0.3) is 11.1 Å². The van der Waals surface area contributed by atoms with Crippen LogP contribution in [0, 0.1) is 18.6 Å². The Morgan fingerprint density at radius 1 is 0.956 bits per heavy atom. The van der Waals surface area contributed by atoms with Gasteiger partial charge in [-0.1, -0.05) is 54.6 Å². The van der Waals surface area contributed by atoms with Crippen molar-refractivity contribution in [1.82, 2.24) is 14.5 Å². The molecule has 1 aromatic heterocycles. The van der Waals surface area contributed by atoms with E-state index in [0.717, 1.165) is 21.3 Å². The third-order valence-corrected chi connectivity index (χ3v) is 7.38. The maximum absolute atomic E-state index is 15.6. The number of hydrogen-bond donors (Lipinski definition) is 2. The average molecular weight is 632 g/mol. The van der Waals surface area contributed by atoms with Gasteiger partial charge in [-0.25, -0.2) is 13.6 Å². The molecular formula is C32H30F5N3O5. The Morgan fingerprint density at radius 2 is 1.64 bits per heavy atom. The number of halogens is 5. The number of ether oxygens (including phenoxy) is 1. The molecule has 0 bridgehead atoms. The molecule has 0 amide bonds. The number of aromatic nitrogens is 2. The summed E-state index contributed by atoms with van der Waals surface area (Å²) in [6.45, 7) is 0.513. The maximum atomic E-state index is 15.6. The van der Waals surface area contributed by atoms with Crippen LogP contribution < -0.4 is 21.3 Å². The van der Waals surface area contributed by atoms with Crippen LogP contribution in [0.2, 0.25) is 0 Å². The lowest BCUT2D eigenvalue weighted by Crippen LogP contribution is -2.45. The summed E-state index contributed by atoms with van der Waals surface area (Å²) in [5.74, 6) is -3.68. The second kappa shape index (κ2) is 13.9. The number of hydrogen-bond acceptors (Lipinski definition) is 5. The molecule has 0 unspecified atom stereocenters. The first-order chi connectivity index (χ1) is 21.3. The average Bonchev–Trinajstić information content (AvgIpc) is 2.99. The van der Waals surface area contributed by atoms with E-state index in [-0.39, 0.29) is 48.5 Å². The van der Waals surface area contributed by atoms with E-state index in [9.17, 15) is 27.6 Å². The largest absolute Gasteiger partial charge is 0.494 e. The summed E-state index contributed by atoms with van der Waals surface area (Å²) in [5, 5.41) is 12.2. The highest BCUT2D eigenvalue weighted by molar-refractivity contribution is 5.67. The van der Waals surface area contributed by atoms with E-state index in [2.05, 4.69) is 5.32 Å². The number of alkyl halides is 3. The van der Waals surface area contributed by atoms with Crippen molar-refractivity contribution in [3.63, 3.8) is 0 Å². The van der Waals surface area contributed by atoms with Gasteiger partial charge < -0.3 is 15.2 Å². The molecule has 0 aliphatic carbocycles. The second-order valence-electron chi connectivity index (χ2n) is 10.3. The van der Waals surface area contributed by atoms with Gasteiger partial charge in [-0.15, -0.1) is 0 Å². The number of carboxylic acids is 1. The zero-order valence-electron chi connectivity index (χ0n) is 24.3. The van der Waals surface area contributed by atoms with E-state index in [1.165, 1.54) is 32.2 Å². The smallest absolute Gasteiger partial charge is 0.419 e. The van der Waals surface area contributed by atoms with E-state index in [1.807, 2.05) is 0 Å². The lowest BCUT2D eigenvalue weighted by molar-refractivity contribution is -0.140. The quantitative estimate of drug-likeness (QED) is 0.157. The molecule has 2 N–H and O–H groups in total. The highest BCUT2D eigenvalue weighted by Crippen LogP contribution is 2.33. The summed E-state index contributed by atoms with van der Waals surface area (Å²) < 4.78 is 77.9. The van der Waals surface area contributed by atoms with Crippen molar-refractivity contribution in [3.8, 4) is 16.9 Å². The fourth-order valence-corrected chi connectivity index (χ4v) is 5.08. The summed E-state index contributed by atoms with van der Waals surface area (Å²) in [6, 6.07) is 14.7. The Hall–Kier alpha value is -4.78. The van der Waals surface area contributed by atoms with E-state index in [1.54, 1.807) is 30.3 Å². The minimum Gasteiger partial charge on any atom is -0.494 e. The predicted molar refractivity (Wildman–Crippen MR) is 156 cm³/mol. The molecule has 13 heteroatoms. The molecular weight excluding hydrogens is 601 g/mol. The first-order valence-corrected chi connectivity index (χ1v) is 13.9. The molecule has 45 heavy (non-hydrogen) atoms. The molecule has 0 aliphatic heterocycles. The van der Waals surface area contributed by atoms with Crippen molar-refractivity contribution in [1.29, 1.82) is 0 Å². The van der Waals surface area contributed by atoms with Gasteiger partial charge in [-0.05, 0) is 37.6 Å². The Kier molecular flexibility index (Phi) is 10.2. The topological polar surface area (TPSA) is 103 Å². The van der Waals surface area contributed by atoms with Gasteiger partial charge in [0, 0.05) is 23.2 Å². The zero-order valence-corrected chi connectivity index (χ0v) is 24.3. The van der Waals surface area contributed by atoms with Crippen molar-refractivity contribution in [2.45, 2.75) is 45.1 Å². The molecule has 8 nitrogen and oxygen atoms in total. The normalized spacial score (nSPS) is 12.2. The van der Waals surface area contributed by atoms with Crippen LogP contribution in [0.15, 0.2) is 76.3 Å². The lowest BCUT2D eigenvalue weighted by atomic mass is 10.0. The standard InChI is InChI=1S/C32H30F5N3O5/c1-19-27(22-12-7-14-25(45-2)29(22)34)30(43)40(18-24(20-9-4-3-5-10-20)38-16-8-15-26(41)42)31(44)39(19)17-21-11-6-13-23(28(21)33)32(35,36)37/h3-7,9-14,24,38H,8,15-18H2,1-2H3,(H,41,42)/t24-/m0/s1. The van der Waals surface area contributed by atoms with Crippen LogP contribution in [0.1, 0.15) is 41.3 Å². The van der Waals surface area contributed by atoms with E-state index >= 15 is 8.78 Å². The summed E-state index contributed by atoms with van der Waals surface area (Å²) >= 11 is 0. The summed E-state index contributed by atoms with van der Waals surface area (Å²) in [4.78, 5) is 39.0. The number of rotatable bonds is 12. The number of aliphatic carboxylic acids is 1. The summed E-state index contributed by atoms with van der Waals surface area (Å²) in [7, 11) is 1.23. The highest BCUT2D eigenvalue weighted by Gasteiger charge is 2.35. The minimum absolute atomic E-state index is 0.101. The van der Waals surface area contributed by atoms with Gasteiger partial charge in [0.05, 0.1) is 37.4 Å². The number of benzene rings is 3. The van der Waals surface area contributed by atoms with Crippen LogP contribution in [-0.2, 0) is 24.1 Å². The van der Waals surface area contributed by atoms with Crippen molar-refractivity contribution in [2.24, 2.45) is 0 Å². The Labute approximate surface area is 254 Å². The maximum Gasteiger partial charge on any atom is 0.419 e. The predicted octanol–water partition coefficient (Wildman–Crippen LogP) is 5.54. The van der Waals surface area contributed by atoms with Gasteiger partial charge in [0.25, 0.3) is 5.56 Å². The summed E-state index contributed by atoms with van der Waals surface area (Å²) in [6.07, 6.45) is -4.89. The molecule has 3 aromatic carbocycles. The molecule has 1 atom stereocenters. The third-order valence-electron chi connectivity index (χ3n) is 7.38. The van der Waals surface area contributed by atoms with E-state index in [4.69, 9.17) is 9.84 Å². The molecule has 0 spiro atoms. The van der Waals surface area contributed by atoms with Crippen LogP contribution >= 0.6 is 0 Å². The van der Waals surface area contributed by atoms with Crippen molar-refractivity contribution in [3.05, 3.63) is 122 Å². The molecule has 0 fully saturated rings. The minimum atomic E-state index is -5.00. The number of carbonyl (C=O) groups is 1. The van der Waals surface area contributed by atoms with Crippen LogP contribution in [0.4, 0.5) is 22.0 Å². The van der Waals surface area contributed by atoms with Crippen molar-refractivity contribution in [2.75, 3.05) is 13.7 Å². The SMILES string of the molecule is COc1cccc(-c2c(C)n(Cc3cccc(C(F)(F)F)c3F)c(=O)n(C[C@H](NCCCC(=O)O)c3ccccc3)c2=O)c1F. The molecule has 1 heterocycles. The Morgan fingerprint density at radius 3 is 2.29 bits per heavy atom. The number of nitrogens with zero attached hydrogens (tertiary/aromatic N) is 2. The number of carboxylic acid groups (broad SMARTS) is 1. The van der Waals surface area contributed by atoms with Gasteiger partial charge in [0.1, 0.15) is 5.82 Å². The zero-order chi connectivity index (χ0) is 32.9. The highest BCUT2D eigenvalue weighted by atomic mass is 19.4. The van der Waals surface area contributed by atoms with Gasteiger partial charge in [-0.3, -0.25) is 18.7 Å². The fraction of sp³-hybridized carbons (Fsp3) is 0.281. The monoisotopic (exact) mass is 631 g/mol. The molecule has 0 radical (unpaired) electrons. The molecule has 238 valence electrons. The van der Waals surface area contributed by atoms with Crippen LogP contribution in [0.5, 0.6) is 5.75 Å². The van der Waals surface area contributed by atoms with Gasteiger partial charge in [-0.2, -0.15) is 13.2 Å². The first kappa shape index (κ1) is 33.1. The van der Waals surface area contributed by atoms with Gasteiger partial charge in [0.15, 0.2) is 11.6 Å². The lowest BCUT2D eigenvalue weighted by Gasteiger charge is -2.23. The van der Waals surface area contributed by atoms with Gasteiger partial charge in [0.2, 0.25) is 0 Å². The van der Waals surface area contributed by atoms with Gasteiger partial charge >= 0.3 is 17.8 Å².